The molecule has 1 N–H and O–H groups in total. The van der Waals surface area contributed by atoms with E-state index in [4.69, 9.17) is 9.47 Å². The van der Waals surface area contributed by atoms with Crippen LogP contribution in [0.25, 0.3) is 11.0 Å². The number of thioether (sulfide) groups is 1. The Bertz CT molecular complexity index is 976. The number of nitrogens with one attached hydrogen (secondary N) is 1. The van der Waals surface area contributed by atoms with Gasteiger partial charge in [0.15, 0.2) is 16.7 Å². The van der Waals surface area contributed by atoms with Gasteiger partial charge in [-0.3, -0.25) is 4.79 Å². The number of imidazole rings is 1. The molecule has 1 heterocycles. The average Bonchev–Trinajstić information content (AvgIpc) is 3.12. The molecule has 0 unspecified atom stereocenters. The van der Waals surface area contributed by atoms with E-state index in [0.29, 0.717) is 23.8 Å². The van der Waals surface area contributed by atoms with Crippen molar-refractivity contribution < 1.29 is 18.7 Å². The molecule has 6 nitrogen and oxygen atoms in total. The summed E-state index contributed by atoms with van der Waals surface area (Å²) in [5.74, 6) is 0.698. The van der Waals surface area contributed by atoms with Gasteiger partial charge in [0.2, 0.25) is 5.91 Å². The normalized spacial score (nSPS) is 10.9. The fourth-order valence-corrected chi connectivity index (χ4v) is 3.57. The minimum atomic E-state index is -0.435. The van der Waals surface area contributed by atoms with Crippen LogP contribution in [0.3, 0.4) is 0 Å². The summed E-state index contributed by atoms with van der Waals surface area (Å²) in [5.41, 5.74) is 2.39. The zero-order chi connectivity index (χ0) is 20.1. The van der Waals surface area contributed by atoms with Gasteiger partial charge in [-0.1, -0.05) is 17.8 Å². The number of fused-ring (bicyclic) bond motifs is 1. The highest BCUT2D eigenvalue weighted by atomic mass is 32.2. The molecule has 0 saturated carbocycles. The predicted molar refractivity (Wildman–Crippen MR) is 107 cm³/mol. The van der Waals surface area contributed by atoms with E-state index in [9.17, 15) is 9.18 Å². The van der Waals surface area contributed by atoms with Crippen molar-refractivity contribution in [1.29, 1.82) is 0 Å². The third-order valence-corrected chi connectivity index (χ3v) is 5.18. The summed E-state index contributed by atoms with van der Waals surface area (Å²) in [6.45, 7) is 2.77. The number of nitrogens with zero attached hydrogens (tertiary/aromatic N) is 2. The second kappa shape index (κ2) is 8.97. The van der Waals surface area contributed by atoms with Gasteiger partial charge in [0.05, 0.1) is 31.0 Å². The lowest BCUT2D eigenvalue weighted by molar-refractivity contribution is -0.128. The Kier molecular flexibility index (Phi) is 6.41. The van der Waals surface area contributed by atoms with Crippen LogP contribution >= 0.6 is 11.8 Å². The first-order valence-electron chi connectivity index (χ1n) is 8.80. The molecule has 0 spiro atoms. The minimum Gasteiger partial charge on any atom is -0.497 e. The Morgan fingerprint density at radius 1 is 1.21 bits per heavy atom. The molecule has 1 amide bonds. The molecule has 0 aliphatic rings. The molecule has 0 aliphatic carbocycles. The number of halogens is 1. The molecule has 0 saturated heterocycles. The lowest BCUT2D eigenvalue weighted by Crippen LogP contribution is -2.31. The van der Waals surface area contributed by atoms with E-state index in [1.165, 1.54) is 24.9 Å². The quantitative estimate of drug-likeness (QED) is 0.579. The predicted octanol–water partition coefficient (Wildman–Crippen LogP) is 3.86. The van der Waals surface area contributed by atoms with Crippen molar-refractivity contribution in [3.05, 3.63) is 47.8 Å². The molecule has 148 valence electrons. The van der Waals surface area contributed by atoms with E-state index in [1.54, 1.807) is 24.1 Å². The number of aromatic amines is 1. The zero-order valence-corrected chi connectivity index (χ0v) is 16.8. The van der Waals surface area contributed by atoms with E-state index in [2.05, 4.69) is 9.97 Å². The smallest absolute Gasteiger partial charge is 0.233 e. The van der Waals surface area contributed by atoms with Crippen LogP contribution in [0, 0.1) is 5.82 Å². The van der Waals surface area contributed by atoms with Crippen molar-refractivity contribution in [2.75, 3.05) is 26.5 Å². The second-order valence-corrected chi connectivity index (χ2v) is 7.05. The number of hydrogen-bond acceptors (Lipinski definition) is 5. The first kappa shape index (κ1) is 20.0. The van der Waals surface area contributed by atoms with Crippen molar-refractivity contribution >= 4 is 28.7 Å². The fraction of sp³-hybridized carbons (Fsp3) is 0.300. The topological polar surface area (TPSA) is 67.4 Å². The van der Waals surface area contributed by atoms with E-state index < -0.39 is 5.82 Å². The van der Waals surface area contributed by atoms with Crippen LogP contribution in [-0.2, 0) is 11.3 Å². The maximum Gasteiger partial charge on any atom is 0.233 e. The Morgan fingerprint density at radius 3 is 2.71 bits per heavy atom. The van der Waals surface area contributed by atoms with E-state index in [0.717, 1.165) is 16.8 Å². The third-order valence-electron chi connectivity index (χ3n) is 4.32. The van der Waals surface area contributed by atoms with Crippen LogP contribution in [0.15, 0.2) is 41.6 Å². The van der Waals surface area contributed by atoms with Crippen LogP contribution in [0.4, 0.5) is 4.39 Å². The summed E-state index contributed by atoms with van der Waals surface area (Å²) >= 11 is 1.34. The van der Waals surface area contributed by atoms with E-state index >= 15 is 0 Å². The summed E-state index contributed by atoms with van der Waals surface area (Å²) in [7, 11) is 3.03. The Hall–Kier alpha value is -2.74. The van der Waals surface area contributed by atoms with Gasteiger partial charge in [-0.2, -0.15) is 0 Å². The first-order valence-corrected chi connectivity index (χ1v) is 9.79. The van der Waals surface area contributed by atoms with Gasteiger partial charge in [-0.15, -0.1) is 0 Å². The van der Waals surface area contributed by atoms with Crippen molar-refractivity contribution in [2.24, 2.45) is 0 Å². The number of rotatable bonds is 8. The average molecular weight is 403 g/mol. The summed E-state index contributed by atoms with van der Waals surface area (Å²) in [6, 6.07) is 10.3. The minimum absolute atomic E-state index is 0.0400. The highest BCUT2D eigenvalue weighted by Crippen LogP contribution is 2.24. The number of benzene rings is 2. The molecular formula is C20H22FN3O3S. The number of carbonyl (C=O) groups is 1. The Morgan fingerprint density at radius 2 is 2.04 bits per heavy atom. The van der Waals surface area contributed by atoms with Crippen LogP contribution in [0.1, 0.15) is 12.5 Å². The van der Waals surface area contributed by atoms with Gasteiger partial charge in [0.1, 0.15) is 5.75 Å². The van der Waals surface area contributed by atoms with Crippen molar-refractivity contribution in [3.8, 4) is 11.5 Å². The van der Waals surface area contributed by atoms with Gasteiger partial charge in [-0.25, -0.2) is 9.37 Å². The van der Waals surface area contributed by atoms with Crippen LogP contribution in [0.2, 0.25) is 0 Å². The Labute approximate surface area is 167 Å². The standard InChI is InChI=1S/C20H22FN3O3S/c1-4-24(11-13-5-8-18(27-3)15(21)9-13)19(25)12-28-20-22-16-7-6-14(26-2)10-17(16)23-20/h5-10H,4,11-12H2,1-3H3,(H,22,23). The largest absolute Gasteiger partial charge is 0.497 e. The molecule has 8 heteroatoms. The highest BCUT2D eigenvalue weighted by molar-refractivity contribution is 7.99. The summed E-state index contributed by atoms with van der Waals surface area (Å²) in [6.07, 6.45) is 0. The molecular weight excluding hydrogens is 381 g/mol. The molecule has 0 bridgehead atoms. The molecule has 3 rings (SSSR count). The number of aromatic nitrogens is 2. The highest BCUT2D eigenvalue weighted by Gasteiger charge is 2.15. The van der Waals surface area contributed by atoms with Crippen LogP contribution in [0.5, 0.6) is 11.5 Å². The maximum atomic E-state index is 13.9. The summed E-state index contributed by atoms with van der Waals surface area (Å²) < 4.78 is 24.0. The molecule has 0 aliphatic heterocycles. The number of amides is 1. The maximum absolute atomic E-state index is 13.9. The number of ether oxygens (including phenoxy) is 2. The van der Waals surface area contributed by atoms with Crippen LogP contribution in [-0.4, -0.2) is 47.3 Å². The van der Waals surface area contributed by atoms with Crippen molar-refractivity contribution in [1.82, 2.24) is 14.9 Å². The van der Waals surface area contributed by atoms with E-state index in [-0.39, 0.29) is 17.4 Å². The van der Waals surface area contributed by atoms with Crippen molar-refractivity contribution in [3.63, 3.8) is 0 Å². The SMILES string of the molecule is CCN(Cc1ccc(OC)c(F)c1)C(=O)CSc1nc2ccc(OC)cc2[nH]1. The van der Waals surface area contributed by atoms with Gasteiger partial charge < -0.3 is 19.4 Å². The van der Waals surface area contributed by atoms with Gasteiger partial charge >= 0.3 is 0 Å². The van der Waals surface area contributed by atoms with Gasteiger partial charge in [0, 0.05) is 19.2 Å². The summed E-state index contributed by atoms with van der Waals surface area (Å²) in [4.78, 5) is 21.9. The van der Waals surface area contributed by atoms with Gasteiger partial charge in [0.25, 0.3) is 0 Å². The number of hydrogen-bond donors (Lipinski definition) is 1. The van der Waals surface area contributed by atoms with Crippen LogP contribution < -0.4 is 9.47 Å². The number of H-pyrrole nitrogens is 1. The molecule has 0 radical (unpaired) electrons. The number of carbonyl (C=O) groups excluding carboxylic acids is 1. The fourth-order valence-electron chi connectivity index (χ4n) is 2.79. The first-order chi connectivity index (χ1) is 13.5. The second-order valence-electron chi connectivity index (χ2n) is 6.09. The lowest BCUT2D eigenvalue weighted by Gasteiger charge is -2.21. The Balaban J connectivity index is 1.63. The zero-order valence-electron chi connectivity index (χ0n) is 16.0. The molecule has 0 atom stereocenters. The lowest BCUT2D eigenvalue weighted by atomic mass is 10.2. The molecule has 2 aromatic carbocycles. The third kappa shape index (κ3) is 4.56. The molecule has 0 fully saturated rings. The molecule has 1 aromatic heterocycles. The summed E-state index contributed by atoms with van der Waals surface area (Å²) in [5, 5.41) is 0.670. The molecule has 28 heavy (non-hydrogen) atoms. The van der Waals surface area contributed by atoms with Gasteiger partial charge in [-0.05, 0) is 36.8 Å². The number of methoxy groups -OCH3 is 2. The molecule has 3 aromatic rings. The van der Waals surface area contributed by atoms with E-state index in [1.807, 2.05) is 25.1 Å². The van der Waals surface area contributed by atoms with Crippen molar-refractivity contribution in [2.45, 2.75) is 18.6 Å². The monoisotopic (exact) mass is 403 g/mol.